The molecule has 1 aliphatic heterocycles. The van der Waals surface area contributed by atoms with Crippen molar-refractivity contribution in [2.24, 2.45) is 0 Å². The fourth-order valence-corrected chi connectivity index (χ4v) is 4.49. The largest absolute Gasteiger partial charge is 0.417 e. The molecule has 2 amide bonds. The van der Waals surface area contributed by atoms with Crippen molar-refractivity contribution in [3.05, 3.63) is 59.2 Å². The Morgan fingerprint density at radius 1 is 1.21 bits per heavy atom. The van der Waals surface area contributed by atoms with E-state index in [4.69, 9.17) is 0 Å². The summed E-state index contributed by atoms with van der Waals surface area (Å²) >= 11 is 0. The highest BCUT2D eigenvalue weighted by Gasteiger charge is 2.35. The van der Waals surface area contributed by atoms with E-state index in [0.717, 1.165) is 30.5 Å². The molecule has 3 aromatic rings. The Morgan fingerprint density at radius 3 is 2.68 bits per heavy atom. The van der Waals surface area contributed by atoms with Gasteiger partial charge in [-0.15, -0.1) is 0 Å². The monoisotopic (exact) mass is 474 g/mol. The molecular formula is C24H25F3N4O3. The first kappa shape index (κ1) is 23.7. The molecular weight excluding hydrogens is 449 g/mol. The number of carbonyl (C=O) groups is 2. The van der Waals surface area contributed by atoms with E-state index in [1.807, 2.05) is 18.2 Å². The summed E-state index contributed by atoms with van der Waals surface area (Å²) in [6.45, 7) is 2.43. The molecule has 1 saturated heterocycles. The zero-order valence-corrected chi connectivity index (χ0v) is 18.6. The summed E-state index contributed by atoms with van der Waals surface area (Å²) in [5, 5.41) is 11.8. The van der Waals surface area contributed by atoms with E-state index in [1.165, 1.54) is 19.1 Å². The molecule has 2 N–H and O–H groups in total. The fraction of sp³-hybridized carbons (Fsp3) is 0.375. The molecule has 1 fully saturated rings. The van der Waals surface area contributed by atoms with Crippen molar-refractivity contribution in [2.75, 3.05) is 18.5 Å². The zero-order chi connectivity index (χ0) is 24.5. The SMILES string of the molecule is CC(=O)N1CCCC1c1ccc2c(c1)nc(NC(=O)c1ccccc1C(F)(F)F)n2CCCO. The maximum absolute atomic E-state index is 13.4. The van der Waals surface area contributed by atoms with Gasteiger partial charge in [-0.2, -0.15) is 13.2 Å². The highest BCUT2D eigenvalue weighted by atomic mass is 19.4. The molecule has 1 unspecified atom stereocenters. The Balaban J connectivity index is 1.71. The minimum atomic E-state index is -4.68. The van der Waals surface area contributed by atoms with Crippen LogP contribution in [-0.4, -0.2) is 44.5 Å². The lowest BCUT2D eigenvalue weighted by Gasteiger charge is -2.23. The molecule has 4 rings (SSSR count). The molecule has 7 nitrogen and oxygen atoms in total. The highest BCUT2D eigenvalue weighted by molar-refractivity contribution is 6.05. The average molecular weight is 474 g/mol. The minimum Gasteiger partial charge on any atom is -0.396 e. The number of amides is 2. The number of imidazole rings is 1. The number of benzene rings is 2. The molecule has 0 saturated carbocycles. The van der Waals surface area contributed by atoms with E-state index in [2.05, 4.69) is 10.3 Å². The topological polar surface area (TPSA) is 87.5 Å². The molecule has 180 valence electrons. The van der Waals surface area contributed by atoms with E-state index < -0.39 is 23.2 Å². The third kappa shape index (κ3) is 4.63. The smallest absolute Gasteiger partial charge is 0.396 e. The van der Waals surface area contributed by atoms with Crippen molar-refractivity contribution < 1.29 is 27.9 Å². The summed E-state index contributed by atoms with van der Waals surface area (Å²) in [5.41, 5.74) is 0.597. The molecule has 0 spiro atoms. The number of aliphatic hydroxyl groups is 1. The van der Waals surface area contributed by atoms with E-state index in [9.17, 15) is 27.9 Å². The van der Waals surface area contributed by atoms with Gasteiger partial charge in [0, 0.05) is 26.6 Å². The average Bonchev–Trinajstić information content (AvgIpc) is 3.41. The van der Waals surface area contributed by atoms with Crippen LogP contribution in [0.25, 0.3) is 11.0 Å². The van der Waals surface area contributed by atoms with Crippen LogP contribution in [0, 0.1) is 0 Å². The summed E-state index contributed by atoms with van der Waals surface area (Å²) in [6.07, 6.45) is -2.58. The second-order valence-electron chi connectivity index (χ2n) is 8.28. The maximum atomic E-state index is 13.4. The number of aryl methyl sites for hydroxylation is 1. The molecule has 34 heavy (non-hydrogen) atoms. The number of halogens is 3. The van der Waals surface area contributed by atoms with Crippen LogP contribution in [0.4, 0.5) is 19.1 Å². The molecule has 1 aromatic heterocycles. The number of aromatic nitrogens is 2. The lowest BCUT2D eigenvalue weighted by atomic mass is 10.0. The molecule has 1 aliphatic rings. The highest BCUT2D eigenvalue weighted by Crippen LogP contribution is 2.35. The Morgan fingerprint density at radius 2 is 1.97 bits per heavy atom. The number of anilines is 1. The molecule has 10 heteroatoms. The van der Waals surface area contributed by atoms with Crippen LogP contribution >= 0.6 is 0 Å². The lowest BCUT2D eigenvalue weighted by Crippen LogP contribution is -2.27. The van der Waals surface area contributed by atoms with Gasteiger partial charge in [-0.25, -0.2) is 4.98 Å². The van der Waals surface area contributed by atoms with Crippen LogP contribution in [0.3, 0.4) is 0 Å². The van der Waals surface area contributed by atoms with E-state index in [-0.39, 0.29) is 24.5 Å². The Bertz CT molecular complexity index is 1220. The van der Waals surface area contributed by atoms with Crippen molar-refractivity contribution in [3.8, 4) is 0 Å². The lowest BCUT2D eigenvalue weighted by molar-refractivity contribution is -0.138. The number of likely N-dealkylation sites (tertiary alicyclic amines) is 1. The molecule has 1 atom stereocenters. The van der Waals surface area contributed by atoms with Gasteiger partial charge in [0.15, 0.2) is 0 Å². The first-order chi connectivity index (χ1) is 16.2. The Kier molecular flexibility index (Phi) is 6.60. The van der Waals surface area contributed by atoms with Crippen molar-refractivity contribution in [1.82, 2.24) is 14.5 Å². The normalized spacial score (nSPS) is 16.3. The zero-order valence-electron chi connectivity index (χ0n) is 18.6. The van der Waals surface area contributed by atoms with Gasteiger partial charge in [-0.1, -0.05) is 18.2 Å². The van der Waals surface area contributed by atoms with Crippen LogP contribution in [0.15, 0.2) is 42.5 Å². The van der Waals surface area contributed by atoms with Gasteiger partial charge in [0.05, 0.1) is 28.2 Å². The molecule has 0 aliphatic carbocycles. The van der Waals surface area contributed by atoms with Crippen molar-refractivity contribution in [1.29, 1.82) is 0 Å². The first-order valence-electron chi connectivity index (χ1n) is 11.1. The number of fused-ring (bicyclic) bond motifs is 1. The summed E-state index contributed by atoms with van der Waals surface area (Å²) in [6, 6.07) is 10.1. The third-order valence-corrected chi connectivity index (χ3v) is 6.06. The van der Waals surface area contributed by atoms with Crippen LogP contribution in [0.1, 0.15) is 53.7 Å². The minimum absolute atomic E-state index is 0.00708. The summed E-state index contributed by atoms with van der Waals surface area (Å²) in [4.78, 5) is 31.1. The predicted molar refractivity (Wildman–Crippen MR) is 120 cm³/mol. The van der Waals surface area contributed by atoms with E-state index in [0.29, 0.717) is 30.5 Å². The van der Waals surface area contributed by atoms with Crippen molar-refractivity contribution in [3.63, 3.8) is 0 Å². The second-order valence-corrected chi connectivity index (χ2v) is 8.28. The number of rotatable bonds is 6. The number of nitrogens with zero attached hydrogens (tertiary/aromatic N) is 3. The molecule has 0 bridgehead atoms. The van der Waals surface area contributed by atoms with E-state index in [1.54, 1.807) is 9.47 Å². The number of nitrogens with one attached hydrogen (secondary N) is 1. The first-order valence-corrected chi connectivity index (χ1v) is 11.1. The molecule has 0 radical (unpaired) electrons. The van der Waals surface area contributed by atoms with Gasteiger partial charge in [-0.3, -0.25) is 14.9 Å². The van der Waals surface area contributed by atoms with Crippen molar-refractivity contribution in [2.45, 2.75) is 44.9 Å². The summed E-state index contributed by atoms with van der Waals surface area (Å²) in [7, 11) is 0. The van der Waals surface area contributed by atoms with Gasteiger partial charge < -0.3 is 14.6 Å². The van der Waals surface area contributed by atoms with Gasteiger partial charge in [0.2, 0.25) is 11.9 Å². The number of hydrogen-bond acceptors (Lipinski definition) is 4. The number of alkyl halides is 3. The van der Waals surface area contributed by atoms with Gasteiger partial charge in [0.25, 0.3) is 5.91 Å². The second kappa shape index (κ2) is 9.46. The predicted octanol–water partition coefficient (Wildman–Crippen LogP) is 4.37. The number of carbonyl (C=O) groups excluding carboxylic acids is 2. The van der Waals surface area contributed by atoms with Crippen LogP contribution in [-0.2, 0) is 17.5 Å². The van der Waals surface area contributed by atoms with Crippen molar-refractivity contribution >= 4 is 28.8 Å². The maximum Gasteiger partial charge on any atom is 0.417 e. The van der Waals surface area contributed by atoms with E-state index >= 15 is 0 Å². The quantitative estimate of drug-likeness (QED) is 0.555. The summed E-state index contributed by atoms with van der Waals surface area (Å²) in [5.74, 6) is -0.836. The molecule has 2 aromatic carbocycles. The van der Waals surface area contributed by atoms with Gasteiger partial charge in [-0.05, 0) is 49.1 Å². The fourth-order valence-electron chi connectivity index (χ4n) is 4.49. The van der Waals surface area contributed by atoms with Gasteiger partial charge in [0.1, 0.15) is 0 Å². The Hall–Kier alpha value is -3.40. The van der Waals surface area contributed by atoms with Crippen LogP contribution < -0.4 is 5.32 Å². The third-order valence-electron chi connectivity index (χ3n) is 6.06. The Labute approximate surface area is 194 Å². The van der Waals surface area contributed by atoms with Crippen LogP contribution in [0.5, 0.6) is 0 Å². The summed E-state index contributed by atoms with van der Waals surface area (Å²) < 4.78 is 41.8. The number of hydrogen-bond donors (Lipinski definition) is 2. The standard InChI is InChI=1S/C24H25F3N4O3/c1-15(33)30-11-4-8-20(30)16-9-10-21-19(14-16)28-23(31(21)12-5-13-32)29-22(34)17-6-2-3-7-18(17)24(25,26)27/h2-3,6-7,9-10,14,20,32H,4-5,8,11-13H2,1H3,(H,28,29,34). The molecule has 2 heterocycles. The van der Waals surface area contributed by atoms with Gasteiger partial charge >= 0.3 is 6.18 Å². The van der Waals surface area contributed by atoms with Crippen LogP contribution in [0.2, 0.25) is 0 Å². The number of aliphatic hydroxyl groups excluding tert-OH is 1.